The zero-order valence-corrected chi connectivity index (χ0v) is 36.4. The number of unbranched alkanes of at least 4 members (excludes halogenated alkanes) is 23. The molecule has 0 spiro atoms. The second-order valence-corrected chi connectivity index (χ2v) is 15.4. The van der Waals surface area contributed by atoms with E-state index in [0.717, 1.165) is 51.4 Å². The molecule has 0 aromatic rings. The van der Waals surface area contributed by atoms with Crippen LogP contribution in [0.3, 0.4) is 0 Å². The SMILES string of the molecule is CC/C=C\C/C=C\C/C=C\CCCCCCCCCCOCC(CO)OC(=O)CCCCCCCCCCCC/C=C\C/C=C\C/C=C\CCCCCCC. The van der Waals surface area contributed by atoms with Gasteiger partial charge in [0.25, 0.3) is 0 Å². The first kappa shape index (κ1) is 52.8. The van der Waals surface area contributed by atoms with Crippen LogP contribution in [0, 0.1) is 0 Å². The summed E-state index contributed by atoms with van der Waals surface area (Å²) in [7, 11) is 0. The van der Waals surface area contributed by atoms with Gasteiger partial charge in [0, 0.05) is 13.0 Å². The molecule has 0 fully saturated rings. The van der Waals surface area contributed by atoms with E-state index in [1.807, 2.05) is 0 Å². The van der Waals surface area contributed by atoms with E-state index >= 15 is 0 Å². The highest BCUT2D eigenvalue weighted by Gasteiger charge is 2.13. The summed E-state index contributed by atoms with van der Waals surface area (Å²) in [5.41, 5.74) is 0. The largest absolute Gasteiger partial charge is 0.457 e. The van der Waals surface area contributed by atoms with Crippen LogP contribution >= 0.6 is 0 Å². The monoisotopic (exact) mass is 767 g/mol. The molecule has 4 heteroatoms. The highest BCUT2D eigenvalue weighted by molar-refractivity contribution is 5.69. The first-order valence-electron chi connectivity index (χ1n) is 23.5. The topological polar surface area (TPSA) is 55.8 Å². The van der Waals surface area contributed by atoms with Crippen molar-refractivity contribution < 1.29 is 19.4 Å². The van der Waals surface area contributed by atoms with Gasteiger partial charge in [-0.05, 0) is 83.5 Å². The van der Waals surface area contributed by atoms with Gasteiger partial charge in [0.1, 0.15) is 6.10 Å². The smallest absolute Gasteiger partial charge is 0.306 e. The summed E-state index contributed by atoms with van der Waals surface area (Å²) in [6, 6.07) is 0. The van der Waals surface area contributed by atoms with E-state index in [2.05, 4.69) is 86.8 Å². The van der Waals surface area contributed by atoms with Crippen molar-refractivity contribution in [1.82, 2.24) is 0 Å². The Kier molecular flexibility index (Phi) is 46.1. The van der Waals surface area contributed by atoms with Crippen molar-refractivity contribution in [2.75, 3.05) is 19.8 Å². The van der Waals surface area contributed by atoms with Gasteiger partial charge in [0.05, 0.1) is 13.2 Å². The number of rotatable bonds is 43. The van der Waals surface area contributed by atoms with Crippen molar-refractivity contribution in [2.45, 2.75) is 225 Å². The maximum atomic E-state index is 12.2. The molecule has 1 atom stereocenters. The molecule has 1 N–H and O–H groups in total. The van der Waals surface area contributed by atoms with Gasteiger partial charge in [-0.15, -0.1) is 0 Å². The summed E-state index contributed by atoms with van der Waals surface area (Å²) in [4.78, 5) is 12.2. The Balaban J connectivity index is 3.46. The van der Waals surface area contributed by atoms with E-state index in [1.54, 1.807) is 0 Å². The number of ether oxygens (including phenoxy) is 2. The maximum absolute atomic E-state index is 12.2. The molecule has 0 saturated heterocycles. The van der Waals surface area contributed by atoms with Crippen LogP contribution in [0.25, 0.3) is 0 Å². The minimum absolute atomic E-state index is 0.179. The summed E-state index contributed by atoms with van der Waals surface area (Å²) in [5, 5.41) is 9.63. The Morgan fingerprint density at radius 2 is 0.818 bits per heavy atom. The molecule has 0 saturated carbocycles. The fraction of sp³-hybridized carbons (Fsp3) is 0.745. The van der Waals surface area contributed by atoms with E-state index in [0.29, 0.717) is 13.0 Å². The van der Waals surface area contributed by atoms with Crippen molar-refractivity contribution in [2.24, 2.45) is 0 Å². The summed E-state index contributed by atoms with van der Waals surface area (Å²) >= 11 is 0. The van der Waals surface area contributed by atoms with Crippen LogP contribution in [0.4, 0.5) is 0 Å². The molecule has 0 aromatic carbocycles. The van der Waals surface area contributed by atoms with Gasteiger partial charge in [-0.2, -0.15) is 0 Å². The molecule has 318 valence electrons. The minimum Gasteiger partial charge on any atom is -0.457 e. The molecule has 0 radical (unpaired) electrons. The summed E-state index contributed by atoms with van der Waals surface area (Å²) in [6.07, 6.45) is 65.4. The van der Waals surface area contributed by atoms with Crippen molar-refractivity contribution in [3.05, 3.63) is 72.9 Å². The van der Waals surface area contributed by atoms with Crippen LogP contribution < -0.4 is 0 Å². The van der Waals surface area contributed by atoms with Crippen LogP contribution in [0.2, 0.25) is 0 Å². The van der Waals surface area contributed by atoms with Crippen molar-refractivity contribution in [3.63, 3.8) is 0 Å². The summed E-state index contributed by atoms with van der Waals surface area (Å²) in [6.45, 7) is 5.21. The summed E-state index contributed by atoms with van der Waals surface area (Å²) in [5.74, 6) is -0.209. The fourth-order valence-corrected chi connectivity index (χ4v) is 6.53. The third-order valence-corrected chi connectivity index (χ3v) is 10.0. The van der Waals surface area contributed by atoms with Crippen molar-refractivity contribution in [3.8, 4) is 0 Å². The number of hydrogen-bond donors (Lipinski definition) is 1. The van der Waals surface area contributed by atoms with Gasteiger partial charge >= 0.3 is 5.97 Å². The van der Waals surface area contributed by atoms with E-state index in [9.17, 15) is 9.90 Å². The molecule has 0 amide bonds. The second kappa shape index (κ2) is 48.0. The zero-order valence-electron chi connectivity index (χ0n) is 36.4. The fourth-order valence-electron chi connectivity index (χ4n) is 6.53. The molecular weight excluding hydrogens is 677 g/mol. The minimum atomic E-state index is -0.544. The quantitative estimate of drug-likeness (QED) is 0.0381. The van der Waals surface area contributed by atoms with Crippen LogP contribution in [0.1, 0.15) is 219 Å². The predicted molar refractivity (Wildman–Crippen MR) is 242 cm³/mol. The number of hydrogen-bond acceptors (Lipinski definition) is 4. The number of esters is 1. The van der Waals surface area contributed by atoms with Crippen LogP contribution in [-0.2, 0) is 14.3 Å². The van der Waals surface area contributed by atoms with E-state index in [1.165, 1.54) is 148 Å². The molecule has 0 aliphatic heterocycles. The second-order valence-electron chi connectivity index (χ2n) is 15.4. The lowest BCUT2D eigenvalue weighted by molar-refractivity contribution is -0.154. The molecule has 1 unspecified atom stereocenters. The first-order valence-corrected chi connectivity index (χ1v) is 23.5. The molecule has 55 heavy (non-hydrogen) atoms. The Hall–Kier alpha value is -2.17. The van der Waals surface area contributed by atoms with Gasteiger partial charge < -0.3 is 14.6 Å². The number of aliphatic hydroxyl groups is 1. The Morgan fingerprint density at radius 1 is 0.455 bits per heavy atom. The van der Waals surface area contributed by atoms with E-state index in [-0.39, 0.29) is 19.2 Å². The van der Waals surface area contributed by atoms with Crippen LogP contribution in [0.5, 0.6) is 0 Å². The molecule has 0 aliphatic carbocycles. The van der Waals surface area contributed by atoms with Gasteiger partial charge in [-0.25, -0.2) is 0 Å². The maximum Gasteiger partial charge on any atom is 0.306 e. The Labute approximate surface area is 342 Å². The number of carbonyl (C=O) groups is 1. The average molecular weight is 767 g/mol. The average Bonchev–Trinajstić information content (AvgIpc) is 3.19. The van der Waals surface area contributed by atoms with Crippen molar-refractivity contribution in [1.29, 1.82) is 0 Å². The number of aliphatic hydroxyl groups excluding tert-OH is 1. The van der Waals surface area contributed by atoms with Gasteiger partial charge in [0.15, 0.2) is 0 Å². The standard InChI is InChI=1S/C51H90O4/c1-3-5-7-9-11-13-15-17-19-21-23-24-25-26-27-28-29-30-32-34-36-38-40-42-44-46-51(53)55-50(48-52)49-54-47-45-43-41-39-37-35-33-31-22-20-18-16-14-12-10-8-6-4-2/h6,8,12,14-15,17-18,20-21,23,25-26,50,52H,3-5,7,9-11,13,16,19,22,24,27-49H2,1-2H3/b8-6-,14-12-,17-15-,20-18-,23-21-,26-25-. The highest BCUT2D eigenvalue weighted by atomic mass is 16.6. The normalized spacial score (nSPS) is 13.0. The predicted octanol–water partition coefficient (Wildman–Crippen LogP) is 15.8. The third-order valence-electron chi connectivity index (χ3n) is 10.0. The highest BCUT2D eigenvalue weighted by Crippen LogP contribution is 2.14. The lowest BCUT2D eigenvalue weighted by atomic mass is 10.0. The van der Waals surface area contributed by atoms with Crippen LogP contribution in [-0.4, -0.2) is 37.0 Å². The Morgan fingerprint density at radius 3 is 1.24 bits per heavy atom. The van der Waals surface area contributed by atoms with Gasteiger partial charge in [-0.1, -0.05) is 202 Å². The zero-order chi connectivity index (χ0) is 39.8. The first-order chi connectivity index (χ1) is 27.2. The molecule has 0 rings (SSSR count). The number of carbonyl (C=O) groups excluding carboxylic acids is 1. The van der Waals surface area contributed by atoms with E-state index in [4.69, 9.17) is 9.47 Å². The van der Waals surface area contributed by atoms with Crippen LogP contribution in [0.15, 0.2) is 72.9 Å². The lowest BCUT2D eigenvalue weighted by Crippen LogP contribution is -2.27. The van der Waals surface area contributed by atoms with Gasteiger partial charge in [-0.3, -0.25) is 4.79 Å². The molecule has 0 bridgehead atoms. The van der Waals surface area contributed by atoms with Crippen molar-refractivity contribution >= 4 is 5.97 Å². The molecule has 4 nitrogen and oxygen atoms in total. The number of allylic oxidation sites excluding steroid dienone is 12. The molecule has 0 aromatic heterocycles. The molecule has 0 aliphatic rings. The third kappa shape index (κ3) is 46.1. The van der Waals surface area contributed by atoms with Gasteiger partial charge in [0.2, 0.25) is 0 Å². The summed E-state index contributed by atoms with van der Waals surface area (Å²) < 4.78 is 11.2. The van der Waals surface area contributed by atoms with E-state index < -0.39 is 6.10 Å². The molecular formula is C51H90O4. The lowest BCUT2D eigenvalue weighted by Gasteiger charge is -2.16. The Bertz CT molecular complexity index is 942. The molecule has 0 heterocycles.